The molecule has 0 amide bonds. The summed E-state index contributed by atoms with van der Waals surface area (Å²) in [7, 11) is -4.42. The molecule has 4 nitrogen and oxygen atoms in total. The number of hydrogen-bond donors (Lipinski definition) is 1. The van der Waals surface area contributed by atoms with Crippen molar-refractivity contribution in [1.82, 2.24) is 0 Å². The van der Waals surface area contributed by atoms with Gasteiger partial charge in [0.1, 0.15) is 0 Å². The number of sulfone groups is 1. The van der Waals surface area contributed by atoms with Gasteiger partial charge in [0.2, 0.25) is 0 Å². The zero-order valence-electron chi connectivity index (χ0n) is 12.7. The summed E-state index contributed by atoms with van der Waals surface area (Å²) in [5.41, 5.74) is 6.21. The second-order valence-corrected chi connectivity index (χ2v) is 9.85. The van der Waals surface area contributed by atoms with Crippen molar-refractivity contribution in [2.24, 2.45) is 17.6 Å². The van der Waals surface area contributed by atoms with Crippen molar-refractivity contribution in [2.45, 2.75) is 47.8 Å². The van der Waals surface area contributed by atoms with Crippen molar-refractivity contribution in [2.75, 3.05) is 6.26 Å². The van der Waals surface area contributed by atoms with Crippen LogP contribution in [0.5, 0.6) is 0 Å². The predicted molar refractivity (Wildman–Crippen MR) is 85.3 cm³/mol. The molecule has 5 atom stereocenters. The van der Waals surface area contributed by atoms with E-state index in [-0.39, 0.29) is 16.2 Å². The van der Waals surface area contributed by atoms with E-state index in [0.29, 0.717) is 16.7 Å². The van der Waals surface area contributed by atoms with Crippen LogP contribution in [0.15, 0.2) is 34.1 Å². The largest absolute Gasteiger partial charge is 0.327 e. The van der Waals surface area contributed by atoms with Crippen LogP contribution >= 0.6 is 0 Å². The first-order chi connectivity index (χ1) is 9.70. The van der Waals surface area contributed by atoms with Crippen LogP contribution in [0.1, 0.15) is 26.7 Å². The highest BCUT2D eigenvalue weighted by Gasteiger charge is 2.36. The lowest BCUT2D eigenvalue weighted by atomic mass is 9.80. The van der Waals surface area contributed by atoms with Crippen molar-refractivity contribution in [3.63, 3.8) is 0 Å². The summed E-state index contributed by atoms with van der Waals surface area (Å²) in [6.45, 7) is 4.28. The molecule has 118 valence electrons. The van der Waals surface area contributed by atoms with Crippen LogP contribution in [0.25, 0.3) is 0 Å². The van der Waals surface area contributed by atoms with E-state index in [1.165, 1.54) is 18.4 Å². The van der Waals surface area contributed by atoms with Crippen LogP contribution in [-0.2, 0) is 20.6 Å². The van der Waals surface area contributed by atoms with E-state index in [4.69, 9.17) is 5.73 Å². The van der Waals surface area contributed by atoms with E-state index in [9.17, 15) is 12.6 Å². The van der Waals surface area contributed by atoms with Gasteiger partial charge in [-0.1, -0.05) is 13.8 Å². The van der Waals surface area contributed by atoms with Gasteiger partial charge in [0, 0.05) is 17.2 Å². The minimum absolute atomic E-state index is 0.0646. The monoisotopic (exact) mass is 329 g/mol. The highest BCUT2D eigenvalue weighted by molar-refractivity contribution is 7.90. The third kappa shape index (κ3) is 3.73. The Morgan fingerprint density at radius 1 is 1.14 bits per heavy atom. The van der Waals surface area contributed by atoms with E-state index in [0.717, 1.165) is 12.8 Å². The molecule has 2 N–H and O–H groups in total. The average Bonchev–Trinajstić information content (AvgIpc) is 2.36. The quantitative estimate of drug-likeness (QED) is 0.919. The van der Waals surface area contributed by atoms with Gasteiger partial charge >= 0.3 is 0 Å². The summed E-state index contributed by atoms with van der Waals surface area (Å²) in [4.78, 5) is 0.905. The van der Waals surface area contributed by atoms with Crippen molar-refractivity contribution >= 4 is 20.6 Å². The summed E-state index contributed by atoms with van der Waals surface area (Å²) in [6, 6.07) is 6.25. The van der Waals surface area contributed by atoms with Crippen LogP contribution in [0.4, 0.5) is 0 Å². The maximum absolute atomic E-state index is 12.8. The Bertz CT molecular complexity index is 613. The third-order valence-corrected chi connectivity index (χ3v) is 7.34. The molecule has 0 aliphatic heterocycles. The second kappa shape index (κ2) is 6.18. The Hall–Kier alpha value is -0.720. The molecule has 6 heteroatoms. The van der Waals surface area contributed by atoms with Crippen molar-refractivity contribution < 1.29 is 12.6 Å². The lowest BCUT2D eigenvalue weighted by molar-refractivity contribution is 0.275. The van der Waals surface area contributed by atoms with Gasteiger partial charge in [0.05, 0.1) is 20.9 Å². The minimum Gasteiger partial charge on any atom is -0.327 e. The van der Waals surface area contributed by atoms with Gasteiger partial charge in [-0.15, -0.1) is 0 Å². The lowest BCUT2D eigenvalue weighted by Crippen LogP contribution is -2.47. The standard InChI is InChI=1S/C15H23NO3S2/c1-10-8-11(2)15(14(16)9-10)20(17)12-4-6-13(7-5-12)21(3,18)19/h4-7,10-11,14-15H,8-9,16H2,1-3H3. The Balaban J connectivity index is 2.24. The molecule has 2 rings (SSSR count). The van der Waals surface area contributed by atoms with Gasteiger partial charge < -0.3 is 5.73 Å². The first kappa shape index (κ1) is 16.6. The summed E-state index contributed by atoms with van der Waals surface area (Å²) in [6.07, 6.45) is 3.09. The lowest BCUT2D eigenvalue weighted by Gasteiger charge is -2.37. The zero-order chi connectivity index (χ0) is 15.8. The molecule has 21 heavy (non-hydrogen) atoms. The van der Waals surface area contributed by atoms with E-state index >= 15 is 0 Å². The first-order valence-corrected chi connectivity index (χ1v) is 10.3. The maximum atomic E-state index is 12.8. The van der Waals surface area contributed by atoms with Crippen LogP contribution in [-0.4, -0.2) is 30.2 Å². The molecule has 1 aromatic carbocycles. The fourth-order valence-corrected chi connectivity index (χ4v) is 5.54. The minimum atomic E-state index is -3.22. The van der Waals surface area contributed by atoms with E-state index in [1.54, 1.807) is 12.1 Å². The van der Waals surface area contributed by atoms with E-state index in [2.05, 4.69) is 13.8 Å². The Morgan fingerprint density at radius 3 is 2.19 bits per heavy atom. The molecule has 5 unspecified atom stereocenters. The Morgan fingerprint density at radius 2 is 1.71 bits per heavy atom. The zero-order valence-corrected chi connectivity index (χ0v) is 14.3. The highest BCUT2D eigenvalue weighted by Crippen LogP contribution is 2.33. The van der Waals surface area contributed by atoms with Gasteiger partial charge in [0.25, 0.3) is 0 Å². The highest BCUT2D eigenvalue weighted by atomic mass is 32.2. The van der Waals surface area contributed by atoms with E-state index < -0.39 is 20.6 Å². The molecule has 1 fully saturated rings. The van der Waals surface area contributed by atoms with Gasteiger partial charge in [-0.25, -0.2) is 8.42 Å². The molecule has 0 saturated heterocycles. The molecule has 1 aromatic rings. The maximum Gasteiger partial charge on any atom is 0.175 e. The van der Waals surface area contributed by atoms with Crippen LogP contribution < -0.4 is 5.73 Å². The molecule has 1 aliphatic rings. The van der Waals surface area contributed by atoms with Gasteiger partial charge in [-0.2, -0.15) is 0 Å². The van der Waals surface area contributed by atoms with Crippen molar-refractivity contribution in [3.05, 3.63) is 24.3 Å². The number of nitrogens with two attached hydrogens (primary N) is 1. The summed E-state index contributed by atoms with van der Waals surface area (Å²) < 4.78 is 35.7. The molecular weight excluding hydrogens is 306 g/mol. The van der Waals surface area contributed by atoms with E-state index in [1.807, 2.05) is 0 Å². The number of benzene rings is 1. The number of hydrogen-bond acceptors (Lipinski definition) is 4. The van der Waals surface area contributed by atoms with Gasteiger partial charge in [-0.3, -0.25) is 4.21 Å². The molecule has 1 saturated carbocycles. The average molecular weight is 329 g/mol. The predicted octanol–water partition coefficient (Wildman–Crippen LogP) is 1.96. The summed E-state index contributed by atoms with van der Waals surface area (Å²) in [5, 5.41) is -0.0646. The van der Waals surface area contributed by atoms with Crippen LogP contribution in [0.3, 0.4) is 0 Å². The summed E-state index contributed by atoms with van der Waals surface area (Å²) >= 11 is 0. The molecule has 0 aromatic heterocycles. The van der Waals surface area contributed by atoms with Gasteiger partial charge in [-0.05, 0) is 48.9 Å². The van der Waals surface area contributed by atoms with Crippen LogP contribution in [0, 0.1) is 11.8 Å². The summed E-state index contributed by atoms with van der Waals surface area (Å²) in [5.74, 6) is 0.870. The smallest absolute Gasteiger partial charge is 0.175 e. The molecule has 0 spiro atoms. The molecule has 1 aliphatic carbocycles. The molecular formula is C15H23NO3S2. The molecule has 0 bridgehead atoms. The Labute approximate surface area is 129 Å². The van der Waals surface area contributed by atoms with Crippen molar-refractivity contribution in [3.8, 4) is 0 Å². The fraction of sp³-hybridized carbons (Fsp3) is 0.600. The van der Waals surface area contributed by atoms with Crippen LogP contribution in [0.2, 0.25) is 0 Å². The normalized spacial score (nSPS) is 31.8. The second-order valence-electron chi connectivity index (χ2n) is 6.22. The topological polar surface area (TPSA) is 77.2 Å². The fourth-order valence-electron chi connectivity index (χ4n) is 3.23. The van der Waals surface area contributed by atoms with Crippen molar-refractivity contribution in [1.29, 1.82) is 0 Å². The SMILES string of the molecule is CC1CC(C)C(S(=O)c2ccc(S(C)(=O)=O)cc2)C(N)C1. The first-order valence-electron chi connectivity index (χ1n) is 7.16. The third-order valence-electron chi connectivity index (χ3n) is 4.16. The molecule has 0 heterocycles. The van der Waals surface area contributed by atoms with Gasteiger partial charge in [0.15, 0.2) is 9.84 Å². The molecule has 0 radical (unpaired) electrons. The number of rotatable bonds is 3. The Kier molecular flexibility index (Phi) is 4.90.